The number of nitrogens with zero attached hydrogens (tertiary/aromatic N) is 2. The largest absolute Gasteiger partial charge is 0.467 e. The monoisotopic (exact) mass is 417 g/mol. The summed E-state index contributed by atoms with van der Waals surface area (Å²) in [5, 5.41) is 2.90. The van der Waals surface area contributed by atoms with Gasteiger partial charge in [-0.3, -0.25) is 19.7 Å². The highest BCUT2D eigenvalue weighted by molar-refractivity contribution is 7.17. The van der Waals surface area contributed by atoms with Gasteiger partial charge in [-0.25, -0.2) is 9.78 Å². The Balaban J connectivity index is 1.49. The van der Waals surface area contributed by atoms with E-state index >= 15 is 0 Å². The number of ketones is 1. The molecule has 2 atom stereocenters. The molecule has 29 heavy (non-hydrogen) atoms. The Morgan fingerprint density at radius 2 is 2.17 bits per heavy atom. The van der Waals surface area contributed by atoms with E-state index in [4.69, 9.17) is 9.15 Å². The number of anilines is 1. The lowest BCUT2D eigenvalue weighted by atomic mass is 9.88. The first kappa shape index (κ1) is 19.3. The maximum atomic E-state index is 13.0. The van der Waals surface area contributed by atoms with Gasteiger partial charge in [0.1, 0.15) is 6.04 Å². The van der Waals surface area contributed by atoms with E-state index in [-0.39, 0.29) is 35.4 Å². The summed E-state index contributed by atoms with van der Waals surface area (Å²) in [5.74, 6) is -1.74. The van der Waals surface area contributed by atoms with Crippen molar-refractivity contribution in [3.8, 4) is 0 Å². The van der Waals surface area contributed by atoms with Crippen LogP contribution in [0.2, 0.25) is 0 Å². The van der Waals surface area contributed by atoms with Crippen LogP contribution < -0.4 is 5.32 Å². The average Bonchev–Trinajstić information content (AvgIpc) is 3.46. The van der Waals surface area contributed by atoms with Crippen LogP contribution >= 0.6 is 11.3 Å². The molecule has 1 N–H and O–H groups in total. The summed E-state index contributed by atoms with van der Waals surface area (Å²) in [6.07, 6.45) is 3.02. The van der Waals surface area contributed by atoms with Crippen LogP contribution in [-0.2, 0) is 20.7 Å². The molecule has 2 aromatic heterocycles. The van der Waals surface area contributed by atoms with Gasteiger partial charge in [0.25, 0.3) is 5.91 Å². The molecule has 0 spiro atoms. The topological polar surface area (TPSA) is 119 Å². The highest BCUT2D eigenvalue weighted by atomic mass is 32.1. The maximum Gasteiger partial charge on any atom is 0.328 e. The quantitative estimate of drug-likeness (QED) is 0.755. The number of thiazole rings is 1. The fourth-order valence-electron chi connectivity index (χ4n) is 3.77. The van der Waals surface area contributed by atoms with E-state index in [0.29, 0.717) is 23.5 Å². The number of methoxy groups -OCH3 is 1. The maximum absolute atomic E-state index is 13.0. The lowest BCUT2D eigenvalue weighted by molar-refractivity contribution is -0.152. The summed E-state index contributed by atoms with van der Waals surface area (Å²) in [6.45, 7) is 0.470. The normalized spacial score (nSPS) is 21.0. The van der Waals surface area contributed by atoms with Gasteiger partial charge in [0.2, 0.25) is 5.91 Å². The van der Waals surface area contributed by atoms with Crippen molar-refractivity contribution in [3.63, 3.8) is 0 Å². The van der Waals surface area contributed by atoms with Gasteiger partial charge in [-0.05, 0) is 25.0 Å². The summed E-state index contributed by atoms with van der Waals surface area (Å²) in [6, 6.07) is 2.53. The minimum Gasteiger partial charge on any atom is -0.467 e. The van der Waals surface area contributed by atoms with Gasteiger partial charge in [0.15, 0.2) is 16.7 Å². The number of Topliss-reactive ketones (excluding diaryl/α,β-unsaturated/α-hetero) is 1. The Hall–Kier alpha value is -3.01. The standard InChI is InChI=1S/C19H19N3O6S/c1-27-18(26)12-4-2-6-22(12)17(25)10-8-11-15(13(23)9-10)29-19(20-11)21-16(24)14-5-3-7-28-14/h3,5,7,10,12H,2,4,6,8-9H2,1H3,(H,20,21,24)/t10?,12-/m0/s1. The van der Waals surface area contributed by atoms with E-state index in [9.17, 15) is 19.2 Å². The van der Waals surface area contributed by atoms with Crippen molar-refractivity contribution in [1.29, 1.82) is 0 Å². The van der Waals surface area contributed by atoms with Crippen LogP contribution in [0.25, 0.3) is 0 Å². The third kappa shape index (κ3) is 3.67. The fraction of sp³-hybridized carbons (Fsp3) is 0.421. The van der Waals surface area contributed by atoms with Crippen molar-refractivity contribution < 1.29 is 28.3 Å². The van der Waals surface area contributed by atoms with E-state index in [2.05, 4.69) is 10.3 Å². The summed E-state index contributed by atoms with van der Waals surface area (Å²) in [5.41, 5.74) is 0.494. The Labute approximate surface area is 170 Å². The molecule has 0 saturated carbocycles. The second kappa shape index (κ2) is 7.78. The predicted molar refractivity (Wildman–Crippen MR) is 102 cm³/mol. The molecule has 10 heteroatoms. The summed E-state index contributed by atoms with van der Waals surface area (Å²) in [7, 11) is 1.30. The first-order chi connectivity index (χ1) is 14.0. The zero-order valence-electron chi connectivity index (χ0n) is 15.7. The molecule has 1 aliphatic heterocycles. The third-order valence-corrected chi connectivity index (χ3v) is 6.20. The molecule has 1 aliphatic carbocycles. The van der Waals surface area contributed by atoms with Crippen LogP contribution in [0, 0.1) is 5.92 Å². The second-order valence-electron chi connectivity index (χ2n) is 6.97. The fourth-order valence-corrected chi connectivity index (χ4v) is 4.71. The van der Waals surface area contributed by atoms with Gasteiger partial charge in [-0.2, -0.15) is 0 Å². The van der Waals surface area contributed by atoms with E-state index in [1.54, 1.807) is 6.07 Å². The number of rotatable bonds is 4. The number of carbonyl (C=O) groups is 4. The average molecular weight is 417 g/mol. The van der Waals surface area contributed by atoms with Crippen molar-refractivity contribution in [2.24, 2.45) is 5.92 Å². The minimum absolute atomic E-state index is 0.0595. The number of carbonyl (C=O) groups excluding carboxylic acids is 4. The van der Waals surface area contributed by atoms with Gasteiger partial charge in [-0.1, -0.05) is 11.3 Å². The number of hydrogen-bond donors (Lipinski definition) is 1. The predicted octanol–water partition coefficient (Wildman–Crippen LogP) is 1.90. The number of amides is 2. The van der Waals surface area contributed by atoms with Gasteiger partial charge in [-0.15, -0.1) is 0 Å². The number of fused-ring (bicyclic) bond motifs is 1. The smallest absolute Gasteiger partial charge is 0.328 e. The van der Waals surface area contributed by atoms with E-state index in [1.807, 2.05) is 0 Å². The molecular formula is C19H19N3O6S. The molecule has 1 unspecified atom stereocenters. The lowest BCUT2D eigenvalue weighted by Gasteiger charge is -2.28. The van der Waals surface area contributed by atoms with Crippen LogP contribution in [0.3, 0.4) is 0 Å². The molecule has 1 saturated heterocycles. The number of aromatic nitrogens is 1. The van der Waals surface area contributed by atoms with Crippen molar-refractivity contribution in [2.45, 2.75) is 31.7 Å². The van der Waals surface area contributed by atoms with Crippen molar-refractivity contribution in [3.05, 3.63) is 34.7 Å². The Bertz CT molecular complexity index is 967. The molecule has 0 aromatic carbocycles. The molecule has 0 bridgehead atoms. The zero-order chi connectivity index (χ0) is 20.5. The van der Waals surface area contributed by atoms with E-state index < -0.39 is 23.8 Å². The third-order valence-electron chi connectivity index (χ3n) is 5.15. The zero-order valence-corrected chi connectivity index (χ0v) is 16.5. The Morgan fingerprint density at radius 1 is 1.34 bits per heavy atom. The summed E-state index contributed by atoms with van der Waals surface area (Å²) < 4.78 is 9.84. The van der Waals surface area contributed by atoms with Crippen LogP contribution in [0.5, 0.6) is 0 Å². The highest BCUT2D eigenvalue weighted by Gasteiger charge is 2.41. The number of furan rings is 1. The van der Waals surface area contributed by atoms with E-state index in [1.165, 1.54) is 24.3 Å². The van der Waals surface area contributed by atoms with Crippen molar-refractivity contribution in [1.82, 2.24) is 9.88 Å². The lowest BCUT2D eigenvalue weighted by Crippen LogP contribution is -2.45. The number of nitrogens with one attached hydrogen (secondary N) is 1. The first-order valence-electron chi connectivity index (χ1n) is 9.24. The van der Waals surface area contributed by atoms with Gasteiger partial charge < -0.3 is 14.1 Å². The van der Waals surface area contributed by atoms with Gasteiger partial charge >= 0.3 is 5.97 Å². The molecule has 9 nitrogen and oxygen atoms in total. The highest BCUT2D eigenvalue weighted by Crippen LogP contribution is 2.34. The molecule has 2 aromatic rings. The first-order valence-corrected chi connectivity index (χ1v) is 10.1. The molecule has 0 radical (unpaired) electrons. The van der Waals surface area contributed by atoms with Gasteiger partial charge in [0, 0.05) is 19.4 Å². The molecule has 1 fully saturated rings. The molecule has 152 valence electrons. The molecule has 3 heterocycles. The van der Waals surface area contributed by atoms with Crippen molar-refractivity contribution in [2.75, 3.05) is 19.0 Å². The summed E-state index contributed by atoms with van der Waals surface area (Å²) >= 11 is 1.09. The summed E-state index contributed by atoms with van der Waals surface area (Å²) in [4.78, 5) is 55.9. The molecular weight excluding hydrogens is 398 g/mol. The molecule has 4 rings (SSSR count). The van der Waals surface area contributed by atoms with Crippen LogP contribution in [0.4, 0.5) is 5.13 Å². The van der Waals surface area contributed by atoms with Crippen LogP contribution in [0.15, 0.2) is 22.8 Å². The Kier molecular flexibility index (Phi) is 5.18. The second-order valence-corrected chi connectivity index (χ2v) is 7.97. The number of likely N-dealkylation sites (tertiary alicyclic amines) is 1. The Morgan fingerprint density at radius 3 is 2.90 bits per heavy atom. The molecule has 2 aliphatic rings. The van der Waals surface area contributed by atoms with Gasteiger partial charge in [0.05, 0.1) is 29.9 Å². The SMILES string of the molecule is COC(=O)[C@@H]1CCCN1C(=O)C1CC(=O)c2sc(NC(=O)c3ccco3)nc2C1. The number of hydrogen-bond acceptors (Lipinski definition) is 8. The van der Waals surface area contributed by atoms with E-state index in [0.717, 1.165) is 17.8 Å². The van der Waals surface area contributed by atoms with Crippen LogP contribution in [-0.4, -0.2) is 53.1 Å². The van der Waals surface area contributed by atoms with Crippen LogP contribution in [0.1, 0.15) is 45.2 Å². The number of ether oxygens (including phenoxy) is 1. The minimum atomic E-state index is -0.595. The van der Waals surface area contributed by atoms with Crippen molar-refractivity contribution >= 4 is 40.0 Å². The number of esters is 1. The molecule has 2 amide bonds.